The van der Waals surface area contributed by atoms with Gasteiger partial charge in [-0.25, -0.2) is 4.79 Å². The van der Waals surface area contributed by atoms with Crippen LogP contribution in [0.5, 0.6) is 0 Å². The molecule has 5 nitrogen and oxygen atoms in total. The maximum atomic E-state index is 11.3. The molecular weight excluding hydrogens is 256 g/mol. The second-order valence-electron chi connectivity index (χ2n) is 5.44. The van der Waals surface area contributed by atoms with Crippen molar-refractivity contribution in [2.75, 3.05) is 26.7 Å². The molecule has 2 heterocycles. The van der Waals surface area contributed by atoms with E-state index in [4.69, 9.17) is 4.42 Å². The van der Waals surface area contributed by atoms with Crippen molar-refractivity contribution in [1.82, 2.24) is 10.2 Å². The molecule has 1 atom stereocenters. The van der Waals surface area contributed by atoms with Crippen LogP contribution >= 0.6 is 0 Å². The highest BCUT2D eigenvalue weighted by Crippen LogP contribution is 2.11. The maximum Gasteiger partial charge on any atom is 0.341 e. The van der Waals surface area contributed by atoms with Gasteiger partial charge in [0.2, 0.25) is 0 Å². The van der Waals surface area contributed by atoms with E-state index in [-0.39, 0.29) is 5.97 Å². The van der Waals surface area contributed by atoms with E-state index >= 15 is 0 Å². The minimum Gasteiger partial charge on any atom is -0.467 e. The van der Waals surface area contributed by atoms with Gasteiger partial charge in [-0.3, -0.25) is 0 Å². The second-order valence-corrected chi connectivity index (χ2v) is 5.44. The van der Waals surface area contributed by atoms with E-state index in [1.54, 1.807) is 6.07 Å². The Morgan fingerprint density at radius 3 is 2.90 bits per heavy atom. The molecule has 1 aliphatic heterocycles. The van der Waals surface area contributed by atoms with Crippen LogP contribution in [0.25, 0.3) is 0 Å². The van der Waals surface area contributed by atoms with E-state index in [2.05, 4.69) is 21.9 Å². The molecule has 2 rings (SSSR count). The third-order valence-corrected chi connectivity index (χ3v) is 3.68. The van der Waals surface area contributed by atoms with Gasteiger partial charge < -0.3 is 19.4 Å². The Morgan fingerprint density at radius 1 is 1.45 bits per heavy atom. The molecule has 1 saturated heterocycles. The van der Waals surface area contributed by atoms with Gasteiger partial charge in [-0.05, 0) is 38.9 Å². The zero-order valence-electron chi connectivity index (χ0n) is 12.4. The molecule has 1 aromatic heterocycles. The van der Waals surface area contributed by atoms with Crippen molar-refractivity contribution in [2.24, 2.45) is 0 Å². The molecule has 1 aromatic rings. The summed E-state index contributed by atoms with van der Waals surface area (Å²) in [6.45, 7) is 6.29. The van der Waals surface area contributed by atoms with Crippen LogP contribution in [-0.4, -0.2) is 43.7 Å². The highest BCUT2D eigenvalue weighted by molar-refractivity contribution is 5.88. The van der Waals surface area contributed by atoms with Crippen molar-refractivity contribution >= 4 is 5.97 Å². The van der Waals surface area contributed by atoms with Crippen molar-refractivity contribution in [1.29, 1.82) is 0 Å². The number of piperidine rings is 1. The van der Waals surface area contributed by atoms with Crippen LogP contribution in [0.4, 0.5) is 0 Å². The van der Waals surface area contributed by atoms with Crippen molar-refractivity contribution < 1.29 is 13.9 Å². The van der Waals surface area contributed by atoms with Gasteiger partial charge in [-0.15, -0.1) is 0 Å². The fraction of sp³-hybridized carbons (Fsp3) is 0.667. The smallest absolute Gasteiger partial charge is 0.341 e. The average Bonchev–Trinajstić information content (AvgIpc) is 2.94. The molecule has 1 N–H and O–H groups in total. The number of esters is 1. The van der Waals surface area contributed by atoms with Gasteiger partial charge in [0.1, 0.15) is 12.0 Å². The normalized spacial score (nSPS) is 17.9. The van der Waals surface area contributed by atoms with E-state index in [9.17, 15) is 4.79 Å². The van der Waals surface area contributed by atoms with Gasteiger partial charge in [0, 0.05) is 12.6 Å². The third-order valence-electron chi connectivity index (χ3n) is 3.68. The number of carbonyl (C=O) groups excluding carboxylic acids is 1. The van der Waals surface area contributed by atoms with Gasteiger partial charge in [-0.2, -0.15) is 0 Å². The molecule has 0 radical (unpaired) electrons. The van der Waals surface area contributed by atoms with E-state index in [0.29, 0.717) is 18.2 Å². The van der Waals surface area contributed by atoms with Gasteiger partial charge in [-0.1, -0.05) is 6.42 Å². The van der Waals surface area contributed by atoms with E-state index in [0.717, 1.165) is 12.3 Å². The van der Waals surface area contributed by atoms with Crippen molar-refractivity contribution in [3.05, 3.63) is 23.7 Å². The lowest BCUT2D eigenvalue weighted by molar-refractivity contribution is 0.0600. The SMILES string of the molecule is COC(=O)c1coc(CNC(C)CN2CCCCC2)c1. The molecule has 0 aliphatic carbocycles. The van der Waals surface area contributed by atoms with Gasteiger partial charge in [0.25, 0.3) is 0 Å². The lowest BCUT2D eigenvalue weighted by Gasteiger charge is -2.29. The molecule has 5 heteroatoms. The molecule has 0 amide bonds. The fourth-order valence-corrected chi connectivity index (χ4v) is 2.57. The van der Waals surface area contributed by atoms with Gasteiger partial charge >= 0.3 is 5.97 Å². The highest BCUT2D eigenvalue weighted by Gasteiger charge is 2.14. The summed E-state index contributed by atoms with van der Waals surface area (Å²) in [4.78, 5) is 13.8. The average molecular weight is 280 g/mol. The standard InChI is InChI=1S/C15H24N2O3/c1-12(10-17-6-4-3-5-7-17)16-9-14-8-13(11-20-14)15(18)19-2/h8,11-12,16H,3-7,9-10H2,1-2H3. The van der Waals surface area contributed by atoms with Crippen LogP contribution in [0.15, 0.2) is 16.7 Å². The van der Waals surface area contributed by atoms with Crippen LogP contribution in [-0.2, 0) is 11.3 Å². The fourth-order valence-electron chi connectivity index (χ4n) is 2.57. The third kappa shape index (κ3) is 4.35. The Balaban J connectivity index is 1.73. The van der Waals surface area contributed by atoms with Crippen molar-refractivity contribution in [3.8, 4) is 0 Å². The van der Waals surface area contributed by atoms with Crippen LogP contribution in [0.2, 0.25) is 0 Å². The zero-order valence-corrected chi connectivity index (χ0v) is 12.4. The minimum atomic E-state index is -0.360. The molecule has 0 bridgehead atoms. The first-order chi connectivity index (χ1) is 9.69. The summed E-state index contributed by atoms with van der Waals surface area (Å²) in [6.07, 6.45) is 5.43. The van der Waals surface area contributed by atoms with Crippen LogP contribution < -0.4 is 5.32 Å². The topological polar surface area (TPSA) is 54.7 Å². The number of nitrogens with zero attached hydrogens (tertiary/aromatic N) is 1. The number of nitrogens with one attached hydrogen (secondary N) is 1. The number of furan rings is 1. The first kappa shape index (κ1) is 15.1. The largest absolute Gasteiger partial charge is 0.467 e. The summed E-state index contributed by atoms with van der Waals surface area (Å²) in [7, 11) is 1.37. The van der Waals surface area contributed by atoms with Crippen LogP contribution in [0.3, 0.4) is 0 Å². The highest BCUT2D eigenvalue weighted by atomic mass is 16.5. The maximum absolute atomic E-state index is 11.3. The summed E-state index contributed by atoms with van der Waals surface area (Å²) in [6, 6.07) is 2.13. The lowest BCUT2D eigenvalue weighted by Crippen LogP contribution is -2.41. The minimum absolute atomic E-state index is 0.360. The number of ether oxygens (including phenoxy) is 1. The van der Waals surface area contributed by atoms with Crippen LogP contribution in [0, 0.1) is 0 Å². The number of likely N-dealkylation sites (tertiary alicyclic amines) is 1. The number of carbonyl (C=O) groups is 1. The van der Waals surface area contributed by atoms with Crippen LogP contribution in [0.1, 0.15) is 42.3 Å². The Hall–Kier alpha value is -1.33. The molecule has 1 aliphatic rings. The molecule has 0 spiro atoms. The number of rotatable bonds is 6. The molecule has 0 saturated carbocycles. The van der Waals surface area contributed by atoms with Gasteiger partial charge in [0.05, 0.1) is 19.2 Å². The van der Waals surface area contributed by atoms with Crippen molar-refractivity contribution in [3.63, 3.8) is 0 Å². The predicted octanol–water partition coefficient (Wildman–Crippen LogP) is 2.03. The van der Waals surface area contributed by atoms with E-state index in [1.807, 2.05) is 0 Å². The van der Waals surface area contributed by atoms with E-state index < -0.39 is 0 Å². The summed E-state index contributed by atoms with van der Waals surface area (Å²) in [5.41, 5.74) is 0.466. The quantitative estimate of drug-likeness (QED) is 0.808. The predicted molar refractivity (Wildman–Crippen MR) is 76.6 cm³/mol. The second kappa shape index (κ2) is 7.45. The summed E-state index contributed by atoms with van der Waals surface area (Å²) < 4.78 is 10.0. The molecule has 112 valence electrons. The zero-order chi connectivity index (χ0) is 14.4. The molecule has 20 heavy (non-hydrogen) atoms. The molecule has 1 fully saturated rings. The van der Waals surface area contributed by atoms with Crippen molar-refractivity contribution in [2.45, 2.75) is 38.8 Å². The number of hydrogen-bond acceptors (Lipinski definition) is 5. The molecule has 1 unspecified atom stereocenters. The number of hydrogen-bond donors (Lipinski definition) is 1. The van der Waals surface area contributed by atoms with E-state index in [1.165, 1.54) is 45.7 Å². The lowest BCUT2D eigenvalue weighted by atomic mass is 10.1. The van der Waals surface area contributed by atoms with Gasteiger partial charge in [0.15, 0.2) is 0 Å². The Morgan fingerprint density at radius 2 is 2.20 bits per heavy atom. The summed E-state index contributed by atoms with van der Waals surface area (Å²) >= 11 is 0. The monoisotopic (exact) mass is 280 g/mol. The summed E-state index contributed by atoms with van der Waals surface area (Å²) in [5.74, 6) is 0.400. The Labute approximate surface area is 120 Å². The Kier molecular flexibility index (Phi) is 5.61. The number of methoxy groups -OCH3 is 1. The Bertz CT molecular complexity index is 425. The summed E-state index contributed by atoms with van der Waals surface area (Å²) in [5, 5.41) is 3.43. The first-order valence-electron chi connectivity index (χ1n) is 7.30. The molecule has 0 aromatic carbocycles. The molecular formula is C15H24N2O3. The first-order valence-corrected chi connectivity index (χ1v) is 7.30.